The third-order valence-corrected chi connectivity index (χ3v) is 3.79. The van der Waals surface area contributed by atoms with Gasteiger partial charge < -0.3 is 20.8 Å². The van der Waals surface area contributed by atoms with Crippen LogP contribution in [0, 0.1) is 11.8 Å². The summed E-state index contributed by atoms with van der Waals surface area (Å²) < 4.78 is 0. The summed E-state index contributed by atoms with van der Waals surface area (Å²) in [5, 5.41) is 23.9. The van der Waals surface area contributed by atoms with E-state index in [1.807, 2.05) is 6.07 Å². The number of hydrogen-bond acceptors (Lipinski definition) is 4. The molecule has 0 saturated carbocycles. The summed E-state index contributed by atoms with van der Waals surface area (Å²) in [6.45, 7) is 1.02. The van der Waals surface area contributed by atoms with E-state index in [4.69, 9.17) is 5.11 Å². The number of aliphatic hydroxyl groups excluding tert-OH is 1. The molecule has 1 aromatic rings. The zero-order valence-electron chi connectivity index (χ0n) is 11.7. The molecule has 0 spiro atoms. The maximum absolute atomic E-state index is 11.5. The van der Waals surface area contributed by atoms with Crippen LogP contribution in [0.1, 0.15) is 12.0 Å². The van der Waals surface area contributed by atoms with Gasteiger partial charge in [0.05, 0.1) is 5.92 Å². The van der Waals surface area contributed by atoms with Gasteiger partial charge in [-0.05, 0) is 49.5 Å². The number of aliphatic carboxylic acids is 1. The third kappa shape index (κ3) is 4.27. The van der Waals surface area contributed by atoms with E-state index in [1.54, 1.807) is 18.2 Å². The van der Waals surface area contributed by atoms with E-state index in [1.165, 1.54) is 0 Å². The molecule has 0 unspecified atom stereocenters. The van der Waals surface area contributed by atoms with E-state index in [0.717, 1.165) is 25.1 Å². The number of nitrogens with one attached hydrogen (secondary N) is 2. The SMILES string of the molecule is O=C(CO)Nc1cccc(C[C@H](C(=O)O)[C@H]2CCNC2)c1. The fourth-order valence-corrected chi connectivity index (χ4v) is 2.71. The van der Waals surface area contributed by atoms with Crippen molar-refractivity contribution in [2.45, 2.75) is 12.8 Å². The first-order valence-electron chi connectivity index (χ1n) is 7.03. The predicted octanol–water partition coefficient (Wildman–Crippen LogP) is 0.470. The van der Waals surface area contributed by atoms with Crippen molar-refractivity contribution in [2.24, 2.45) is 11.8 Å². The van der Waals surface area contributed by atoms with Gasteiger partial charge in [0, 0.05) is 5.69 Å². The maximum atomic E-state index is 11.5. The van der Waals surface area contributed by atoms with Crippen LogP contribution < -0.4 is 10.6 Å². The molecule has 6 heteroatoms. The minimum absolute atomic E-state index is 0.137. The Morgan fingerprint density at radius 2 is 2.24 bits per heavy atom. The van der Waals surface area contributed by atoms with Crippen molar-refractivity contribution < 1.29 is 19.8 Å². The maximum Gasteiger partial charge on any atom is 0.307 e. The van der Waals surface area contributed by atoms with Crippen molar-refractivity contribution in [3.8, 4) is 0 Å². The molecule has 2 rings (SSSR count). The van der Waals surface area contributed by atoms with Crippen molar-refractivity contribution in [3.05, 3.63) is 29.8 Å². The van der Waals surface area contributed by atoms with Crippen molar-refractivity contribution in [3.63, 3.8) is 0 Å². The van der Waals surface area contributed by atoms with Crippen molar-refractivity contribution in [1.29, 1.82) is 0 Å². The molecule has 1 aromatic carbocycles. The summed E-state index contributed by atoms with van der Waals surface area (Å²) in [6, 6.07) is 7.09. The van der Waals surface area contributed by atoms with Crippen molar-refractivity contribution in [1.82, 2.24) is 5.32 Å². The van der Waals surface area contributed by atoms with Gasteiger partial charge in [0.1, 0.15) is 6.61 Å². The average molecular weight is 292 g/mol. The smallest absolute Gasteiger partial charge is 0.307 e. The van der Waals surface area contributed by atoms with Crippen LogP contribution in [0.25, 0.3) is 0 Å². The number of anilines is 1. The van der Waals surface area contributed by atoms with Gasteiger partial charge in [0.25, 0.3) is 0 Å². The molecule has 1 saturated heterocycles. The molecular weight excluding hydrogens is 272 g/mol. The fraction of sp³-hybridized carbons (Fsp3) is 0.467. The highest BCUT2D eigenvalue weighted by Crippen LogP contribution is 2.24. The molecule has 6 nitrogen and oxygen atoms in total. The number of rotatable bonds is 6. The Hall–Kier alpha value is -1.92. The lowest BCUT2D eigenvalue weighted by atomic mass is 9.86. The van der Waals surface area contributed by atoms with Gasteiger partial charge in [0.2, 0.25) is 5.91 Å². The largest absolute Gasteiger partial charge is 0.481 e. The normalized spacial score (nSPS) is 19.2. The summed E-state index contributed by atoms with van der Waals surface area (Å²) in [5.74, 6) is -1.56. The Labute approximate surface area is 123 Å². The molecular formula is C15H20N2O4. The van der Waals surface area contributed by atoms with E-state index in [2.05, 4.69) is 10.6 Å². The number of amides is 1. The molecule has 1 fully saturated rings. The molecule has 0 radical (unpaired) electrons. The van der Waals surface area contributed by atoms with Crippen molar-refractivity contribution >= 4 is 17.6 Å². The minimum atomic E-state index is -0.784. The quantitative estimate of drug-likeness (QED) is 0.611. The van der Waals surface area contributed by atoms with Crippen LogP contribution in [-0.2, 0) is 16.0 Å². The number of carbonyl (C=O) groups is 2. The van der Waals surface area contributed by atoms with E-state index in [0.29, 0.717) is 12.1 Å². The zero-order chi connectivity index (χ0) is 15.2. The minimum Gasteiger partial charge on any atom is -0.481 e. The highest BCUT2D eigenvalue weighted by atomic mass is 16.4. The Kier molecular flexibility index (Phi) is 5.30. The lowest BCUT2D eigenvalue weighted by Gasteiger charge is -2.19. The Balaban J connectivity index is 2.07. The highest BCUT2D eigenvalue weighted by Gasteiger charge is 2.30. The summed E-state index contributed by atoms with van der Waals surface area (Å²) in [4.78, 5) is 22.6. The fourth-order valence-electron chi connectivity index (χ4n) is 2.71. The predicted molar refractivity (Wildman–Crippen MR) is 78.0 cm³/mol. The number of benzene rings is 1. The number of carboxylic acid groups (broad SMARTS) is 1. The topological polar surface area (TPSA) is 98.7 Å². The van der Waals surface area contributed by atoms with Gasteiger partial charge in [-0.15, -0.1) is 0 Å². The Morgan fingerprint density at radius 1 is 1.43 bits per heavy atom. The Bertz CT molecular complexity index is 512. The number of aliphatic hydroxyl groups is 1. The van der Waals surface area contributed by atoms with Crippen LogP contribution in [0.2, 0.25) is 0 Å². The summed E-state index contributed by atoms with van der Waals surface area (Å²) in [5.41, 5.74) is 1.44. The molecule has 1 amide bonds. The molecule has 0 aliphatic carbocycles. The van der Waals surface area contributed by atoms with Crippen LogP contribution in [0.15, 0.2) is 24.3 Å². The highest BCUT2D eigenvalue weighted by molar-refractivity contribution is 5.91. The monoisotopic (exact) mass is 292 g/mol. The third-order valence-electron chi connectivity index (χ3n) is 3.79. The van der Waals surface area contributed by atoms with Gasteiger partial charge in [-0.2, -0.15) is 0 Å². The van der Waals surface area contributed by atoms with Gasteiger partial charge >= 0.3 is 5.97 Å². The number of carboxylic acids is 1. The molecule has 0 aromatic heterocycles. The van der Waals surface area contributed by atoms with E-state index in [9.17, 15) is 14.7 Å². The first kappa shape index (κ1) is 15.5. The van der Waals surface area contributed by atoms with Gasteiger partial charge in [-0.1, -0.05) is 12.1 Å². The van der Waals surface area contributed by atoms with Gasteiger partial charge in [-0.3, -0.25) is 9.59 Å². The second-order valence-electron chi connectivity index (χ2n) is 5.31. The summed E-state index contributed by atoms with van der Waals surface area (Å²) in [7, 11) is 0. The number of hydrogen-bond donors (Lipinski definition) is 4. The van der Waals surface area contributed by atoms with Gasteiger partial charge in [0.15, 0.2) is 0 Å². The first-order valence-corrected chi connectivity index (χ1v) is 7.03. The van der Waals surface area contributed by atoms with Crippen LogP contribution in [-0.4, -0.2) is 41.8 Å². The molecule has 21 heavy (non-hydrogen) atoms. The summed E-state index contributed by atoms with van der Waals surface area (Å²) >= 11 is 0. The van der Waals surface area contributed by atoms with E-state index < -0.39 is 24.4 Å². The van der Waals surface area contributed by atoms with Crippen LogP contribution in [0.5, 0.6) is 0 Å². The van der Waals surface area contributed by atoms with E-state index >= 15 is 0 Å². The van der Waals surface area contributed by atoms with Crippen molar-refractivity contribution in [2.75, 3.05) is 25.0 Å². The first-order chi connectivity index (χ1) is 10.1. The van der Waals surface area contributed by atoms with Crippen LogP contribution in [0.3, 0.4) is 0 Å². The zero-order valence-corrected chi connectivity index (χ0v) is 11.7. The lowest BCUT2D eigenvalue weighted by Crippen LogP contribution is -2.27. The second kappa shape index (κ2) is 7.19. The van der Waals surface area contributed by atoms with E-state index in [-0.39, 0.29) is 5.92 Å². The molecule has 2 atom stereocenters. The summed E-state index contributed by atoms with van der Waals surface area (Å²) in [6.07, 6.45) is 1.31. The Morgan fingerprint density at radius 3 is 2.86 bits per heavy atom. The molecule has 4 N–H and O–H groups in total. The molecule has 1 heterocycles. The average Bonchev–Trinajstić information content (AvgIpc) is 2.98. The molecule has 0 bridgehead atoms. The standard InChI is InChI=1S/C15H20N2O4/c18-9-14(19)17-12-3-1-2-10(6-12)7-13(15(20)21)11-4-5-16-8-11/h1-3,6,11,13,16,18H,4-5,7-9H2,(H,17,19)(H,20,21)/t11-,13-/m0/s1. The van der Waals surface area contributed by atoms with Crippen LogP contribution in [0.4, 0.5) is 5.69 Å². The molecule has 1 aliphatic rings. The molecule has 1 aliphatic heterocycles. The van der Waals surface area contributed by atoms with Crippen LogP contribution >= 0.6 is 0 Å². The number of carbonyl (C=O) groups excluding carboxylic acids is 1. The molecule has 114 valence electrons. The lowest BCUT2D eigenvalue weighted by molar-refractivity contribution is -0.143. The van der Waals surface area contributed by atoms with Gasteiger partial charge in [-0.25, -0.2) is 0 Å². The second-order valence-corrected chi connectivity index (χ2v) is 5.31.